The van der Waals surface area contributed by atoms with Crippen LogP contribution < -0.4 is 5.32 Å². The summed E-state index contributed by atoms with van der Waals surface area (Å²) in [4.78, 5) is 15.0. The summed E-state index contributed by atoms with van der Waals surface area (Å²) < 4.78 is 0. The van der Waals surface area contributed by atoms with Gasteiger partial charge in [-0.1, -0.05) is 6.07 Å². The lowest BCUT2D eigenvalue weighted by atomic mass is 10.1. The summed E-state index contributed by atoms with van der Waals surface area (Å²) in [5.41, 5.74) is -0.142. The van der Waals surface area contributed by atoms with E-state index in [-0.39, 0.29) is 0 Å². The number of carboxylic acid groups (broad SMARTS) is 1. The molecular formula is C10H14N2O2. The quantitative estimate of drug-likeness (QED) is 0.768. The standard InChI is InChI=1S/C10H14N2O2/c1-7-5-4-6-8(11-7)12-10(2,3)9(13)14/h4-6H,1-3H3,(H,11,12)(H,13,14). The number of aliphatic carboxylic acids is 1. The van der Waals surface area contributed by atoms with Crippen LogP contribution in [0, 0.1) is 6.92 Å². The number of hydrogen-bond donors (Lipinski definition) is 2. The van der Waals surface area contributed by atoms with E-state index in [1.54, 1.807) is 19.9 Å². The van der Waals surface area contributed by atoms with E-state index in [9.17, 15) is 4.79 Å². The van der Waals surface area contributed by atoms with E-state index in [1.807, 2.05) is 19.1 Å². The fraction of sp³-hybridized carbons (Fsp3) is 0.400. The SMILES string of the molecule is Cc1cccc(NC(C)(C)C(=O)O)n1. The molecular weight excluding hydrogens is 180 g/mol. The Kier molecular flexibility index (Phi) is 2.74. The number of nitrogens with zero attached hydrogens (tertiary/aromatic N) is 1. The first-order chi connectivity index (χ1) is 6.42. The molecule has 2 N–H and O–H groups in total. The summed E-state index contributed by atoms with van der Waals surface area (Å²) in [6.07, 6.45) is 0. The first kappa shape index (κ1) is 10.5. The Hall–Kier alpha value is -1.58. The van der Waals surface area contributed by atoms with Gasteiger partial charge >= 0.3 is 5.97 Å². The summed E-state index contributed by atoms with van der Waals surface area (Å²) in [6.45, 7) is 5.05. The lowest BCUT2D eigenvalue weighted by Crippen LogP contribution is -2.40. The minimum Gasteiger partial charge on any atom is -0.480 e. The van der Waals surface area contributed by atoms with Crippen LogP contribution in [0.2, 0.25) is 0 Å². The van der Waals surface area contributed by atoms with Crippen molar-refractivity contribution >= 4 is 11.8 Å². The minimum atomic E-state index is -0.999. The molecule has 0 saturated heterocycles. The van der Waals surface area contributed by atoms with E-state index < -0.39 is 11.5 Å². The van der Waals surface area contributed by atoms with Gasteiger partial charge in [-0.25, -0.2) is 9.78 Å². The highest BCUT2D eigenvalue weighted by Crippen LogP contribution is 2.12. The van der Waals surface area contributed by atoms with Gasteiger partial charge in [0.1, 0.15) is 11.4 Å². The number of anilines is 1. The molecule has 0 spiro atoms. The Labute approximate surface area is 83.0 Å². The maximum Gasteiger partial charge on any atom is 0.328 e. The molecule has 0 saturated carbocycles. The number of nitrogens with one attached hydrogen (secondary N) is 1. The largest absolute Gasteiger partial charge is 0.480 e. The van der Waals surface area contributed by atoms with Gasteiger partial charge in [-0.3, -0.25) is 0 Å². The molecule has 0 radical (unpaired) electrons. The molecule has 0 atom stereocenters. The number of aryl methyl sites for hydroxylation is 1. The van der Waals surface area contributed by atoms with Crippen molar-refractivity contribution in [2.24, 2.45) is 0 Å². The normalized spacial score (nSPS) is 11.1. The lowest BCUT2D eigenvalue weighted by molar-refractivity contribution is -0.141. The molecule has 0 aliphatic heterocycles. The zero-order valence-corrected chi connectivity index (χ0v) is 8.53. The molecule has 1 heterocycles. The second-order valence-electron chi connectivity index (χ2n) is 3.72. The third-order valence-corrected chi connectivity index (χ3v) is 1.86. The maximum atomic E-state index is 10.8. The zero-order valence-electron chi connectivity index (χ0n) is 8.53. The molecule has 0 aliphatic rings. The Morgan fingerprint density at radius 2 is 2.14 bits per heavy atom. The van der Waals surface area contributed by atoms with E-state index in [1.165, 1.54) is 0 Å². The second-order valence-corrected chi connectivity index (χ2v) is 3.72. The van der Waals surface area contributed by atoms with Crippen LogP contribution in [0.4, 0.5) is 5.82 Å². The molecule has 0 unspecified atom stereocenters. The number of hydrogen-bond acceptors (Lipinski definition) is 3. The van der Waals surface area contributed by atoms with E-state index in [0.717, 1.165) is 5.69 Å². The van der Waals surface area contributed by atoms with Crippen molar-refractivity contribution in [1.29, 1.82) is 0 Å². The van der Waals surface area contributed by atoms with Crippen molar-refractivity contribution in [2.75, 3.05) is 5.32 Å². The van der Waals surface area contributed by atoms with Crippen molar-refractivity contribution < 1.29 is 9.90 Å². The highest BCUT2D eigenvalue weighted by molar-refractivity contribution is 5.81. The number of carboxylic acids is 1. The van der Waals surface area contributed by atoms with Crippen LogP contribution in [0.15, 0.2) is 18.2 Å². The van der Waals surface area contributed by atoms with Gasteiger partial charge in [-0.15, -0.1) is 0 Å². The summed E-state index contributed by atoms with van der Waals surface area (Å²) in [7, 11) is 0. The van der Waals surface area contributed by atoms with Crippen molar-refractivity contribution in [3.63, 3.8) is 0 Å². The van der Waals surface area contributed by atoms with E-state index in [2.05, 4.69) is 10.3 Å². The van der Waals surface area contributed by atoms with Gasteiger partial charge in [0.2, 0.25) is 0 Å². The molecule has 1 rings (SSSR count). The highest BCUT2D eigenvalue weighted by atomic mass is 16.4. The maximum absolute atomic E-state index is 10.8. The van der Waals surface area contributed by atoms with Gasteiger partial charge in [-0.2, -0.15) is 0 Å². The van der Waals surface area contributed by atoms with Crippen LogP contribution in [-0.2, 0) is 4.79 Å². The molecule has 0 amide bonds. The third-order valence-electron chi connectivity index (χ3n) is 1.86. The number of carbonyl (C=O) groups is 1. The molecule has 0 fully saturated rings. The first-order valence-electron chi connectivity index (χ1n) is 4.37. The van der Waals surface area contributed by atoms with Gasteiger partial charge < -0.3 is 10.4 Å². The van der Waals surface area contributed by atoms with Crippen molar-refractivity contribution in [3.8, 4) is 0 Å². The smallest absolute Gasteiger partial charge is 0.328 e. The molecule has 0 aliphatic carbocycles. The van der Waals surface area contributed by atoms with Crippen molar-refractivity contribution in [2.45, 2.75) is 26.3 Å². The minimum absolute atomic E-state index is 0.581. The molecule has 76 valence electrons. The lowest BCUT2D eigenvalue weighted by Gasteiger charge is -2.21. The van der Waals surface area contributed by atoms with Crippen LogP contribution in [0.3, 0.4) is 0 Å². The number of aromatic nitrogens is 1. The summed E-state index contributed by atoms with van der Waals surface area (Å²) in [6, 6.07) is 5.44. The molecule has 1 aromatic rings. The number of rotatable bonds is 3. The summed E-state index contributed by atoms with van der Waals surface area (Å²) in [5, 5.41) is 11.7. The molecule has 14 heavy (non-hydrogen) atoms. The van der Waals surface area contributed by atoms with Gasteiger partial charge in [0, 0.05) is 5.69 Å². The first-order valence-corrected chi connectivity index (χ1v) is 4.37. The third kappa shape index (κ3) is 2.45. The zero-order chi connectivity index (χ0) is 10.8. The predicted molar refractivity (Wildman–Crippen MR) is 54.3 cm³/mol. The predicted octanol–water partition coefficient (Wildman–Crippen LogP) is 1.67. The Bertz CT molecular complexity index is 348. The summed E-state index contributed by atoms with van der Waals surface area (Å²) in [5.74, 6) is -0.321. The topological polar surface area (TPSA) is 62.2 Å². The Morgan fingerprint density at radius 1 is 1.50 bits per heavy atom. The molecule has 4 nitrogen and oxygen atoms in total. The van der Waals surface area contributed by atoms with Crippen LogP contribution in [0.5, 0.6) is 0 Å². The van der Waals surface area contributed by atoms with Gasteiger partial charge in [0.15, 0.2) is 0 Å². The van der Waals surface area contributed by atoms with Crippen LogP contribution >= 0.6 is 0 Å². The average molecular weight is 194 g/mol. The number of pyridine rings is 1. The van der Waals surface area contributed by atoms with Crippen LogP contribution in [0.1, 0.15) is 19.5 Å². The molecule has 0 aromatic carbocycles. The molecule has 4 heteroatoms. The Balaban J connectivity index is 2.83. The Morgan fingerprint density at radius 3 is 2.64 bits per heavy atom. The van der Waals surface area contributed by atoms with Gasteiger partial charge in [0.05, 0.1) is 0 Å². The monoisotopic (exact) mass is 194 g/mol. The molecule has 1 aromatic heterocycles. The van der Waals surface area contributed by atoms with E-state index in [0.29, 0.717) is 5.82 Å². The fourth-order valence-corrected chi connectivity index (χ4v) is 0.986. The van der Waals surface area contributed by atoms with E-state index >= 15 is 0 Å². The van der Waals surface area contributed by atoms with E-state index in [4.69, 9.17) is 5.11 Å². The van der Waals surface area contributed by atoms with Crippen LogP contribution in [0.25, 0.3) is 0 Å². The average Bonchev–Trinajstić information content (AvgIpc) is 2.02. The molecule has 0 bridgehead atoms. The van der Waals surface area contributed by atoms with Gasteiger partial charge in [-0.05, 0) is 32.9 Å². The highest BCUT2D eigenvalue weighted by Gasteiger charge is 2.26. The fourth-order valence-electron chi connectivity index (χ4n) is 0.986. The second kappa shape index (κ2) is 3.65. The van der Waals surface area contributed by atoms with Crippen molar-refractivity contribution in [1.82, 2.24) is 4.98 Å². The summed E-state index contributed by atoms with van der Waals surface area (Å²) >= 11 is 0. The van der Waals surface area contributed by atoms with Gasteiger partial charge in [0.25, 0.3) is 0 Å². The van der Waals surface area contributed by atoms with Crippen LogP contribution in [-0.4, -0.2) is 21.6 Å². The van der Waals surface area contributed by atoms with Crippen molar-refractivity contribution in [3.05, 3.63) is 23.9 Å².